The molecule has 3 heteroatoms. The van der Waals surface area contributed by atoms with E-state index in [9.17, 15) is 4.79 Å². The fraction of sp³-hybridized carbons (Fsp3) is 0.462. The molecule has 0 radical (unpaired) electrons. The molecule has 0 aromatic heterocycles. The fourth-order valence-electron chi connectivity index (χ4n) is 1.04. The van der Waals surface area contributed by atoms with E-state index in [0.29, 0.717) is 6.61 Å². The van der Waals surface area contributed by atoms with Crippen LogP contribution in [0.2, 0.25) is 0 Å². The quantitative estimate of drug-likeness (QED) is 0.210. The van der Waals surface area contributed by atoms with Crippen molar-refractivity contribution in [2.75, 3.05) is 6.61 Å². The molecule has 16 heavy (non-hydrogen) atoms. The Kier molecular flexibility index (Phi) is 14.5. The van der Waals surface area contributed by atoms with Gasteiger partial charge in [-0.25, -0.2) is 24.1 Å². The van der Waals surface area contributed by atoms with Crippen LogP contribution in [0.5, 0.6) is 0 Å². The van der Waals surface area contributed by atoms with Crippen LogP contribution < -0.4 is 0 Å². The van der Waals surface area contributed by atoms with Crippen molar-refractivity contribution in [3.05, 3.63) is 39.3 Å². The zero-order valence-electron chi connectivity index (χ0n) is 9.64. The van der Waals surface area contributed by atoms with Gasteiger partial charge in [0.1, 0.15) is 0 Å². The first-order chi connectivity index (χ1) is 7.20. The topological polar surface area (TPSA) is 26.3 Å². The van der Waals surface area contributed by atoms with E-state index in [1.54, 1.807) is 0 Å². The van der Waals surface area contributed by atoms with Gasteiger partial charge in [-0.15, -0.1) is 0 Å². The van der Waals surface area contributed by atoms with Gasteiger partial charge in [0.25, 0.3) is 0 Å². The van der Waals surface area contributed by atoms with Gasteiger partial charge < -0.3 is 37.8 Å². The van der Waals surface area contributed by atoms with E-state index in [1.807, 2.05) is 0 Å². The molecular formula is C13H20FeO2. The van der Waals surface area contributed by atoms with Crippen LogP contribution in [-0.2, 0) is 26.6 Å². The smallest absolute Gasteiger partial charge is 0.465 e. The van der Waals surface area contributed by atoms with E-state index in [2.05, 4.69) is 33.3 Å². The Morgan fingerprint density at radius 1 is 1.50 bits per heavy atom. The molecule has 0 aliphatic carbocycles. The van der Waals surface area contributed by atoms with E-state index in [0.717, 1.165) is 25.7 Å². The number of hydrogen-bond donors (Lipinski definition) is 0. The Balaban J connectivity index is 0. The van der Waals surface area contributed by atoms with Crippen LogP contribution in [-0.4, -0.2) is 12.6 Å². The van der Waals surface area contributed by atoms with Crippen molar-refractivity contribution in [1.29, 1.82) is 0 Å². The second kappa shape index (κ2) is 12.8. The number of rotatable bonds is 9. The number of esters is 1. The van der Waals surface area contributed by atoms with Gasteiger partial charge in [-0.3, -0.25) is 0 Å². The molecule has 0 amide bonds. The van der Waals surface area contributed by atoms with E-state index in [-0.39, 0.29) is 29.0 Å². The van der Waals surface area contributed by atoms with Gasteiger partial charge in [-0.2, -0.15) is 5.92 Å². The minimum Gasteiger partial charge on any atom is -0.465 e. The fourth-order valence-corrected chi connectivity index (χ4v) is 1.04. The maximum absolute atomic E-state index is 10.7. The van der Waals surface area contributed by atoms with Gasteiger partial charge in [-0.05, 0) is 0 Å². The van der Waals surface area contributed by atoms with Crippen molar-refractivity contribution in [1.82, 2.24) is 0 Å². The number of ether oxygens (including phenoxy) is 1. The summed E-state index contributed by atoms with van der Waals surface area (Å²) in [6, 6.07) is 0. The molecule has 0 rings (SSSR count). The summed E-state index contributed by atoms with van der Waals surface area (Å²) in [5, 5.41) is 0. The SMILES string of the molecule is C=CC(=O)OCC([CH2-])C[CH-]C[CH-]CC[CH2-].[Fe+4]. The normalized spacial score (nSPS) is 11.4. The molecule has 92 valence electrons. The molecule has 0 bridgehead atoms. The zero-order chi connectivity index (χ0) is 11.5. The van der Waals surface area contributed by atoms with Gasteiger partial charge >= 0.3 is 23.0 Å². The Morgan fingerprint density at radius 2 is 2.19 bits per heavy atom. The molecule has 0 aliphatic rings. The summed E-state index contributed by atoms with van der Waals surface area (Å²) in [6.45, 7) is 11.3. The van der Waals surface area contributed by atoms with Crippen molar-refractivity contribution >= 4 is 5.97 Å². The molecule has 0 saturated heterocycles. The second-order valence-electron chi connectivity index (χ2n) is 3.39. The molecule has 0 fully saturated rings. The third-order valence-electron chi connectivity index (χ3n) is 1.87. The summed E-state index contributed by atoms with van der Waals surface area (Å²) < 4.78 is 4.87. The van der Waals surface area contributed by atoms with Crippen molar-refractivity contribution in [3.8, 4) is 0 Å². The van der Waals surface area contributed by atoms with Crippen LogP contribution in [0.3, 0.4) is 0 Å². The minimum atomic E-state index is -0.382. The van der Waals surface area contributed by atoms with Gasteiger partial charge in [-0.1, -0.05) is 6.58 Å². The molecule has 0 aliphatic heterocycles. The van der Waals surface area contributed by atoms with E-state index in [4.69, 9.17) is 4.74 Å². The predicted octanol–water partition coefficient (Wildman–Crippen LogP) is 2.97. The van der Waals surface area contributed by atoms with E-state index in [1.165, 1.54) is 6.08 Å². The van der Waals surface area contributed by atoms with Crippen molar-refractivity contribution in [2.24, 2.45) is 5.92 Å². The molecule has 0 aromatic rings. The Morgan fingerprint density at radius 3 is 2.75 bits per heavy atom. The van der Waals surface area contributed by atoms with Gasteiger partial charge in [0, 0.05) is 6.08 Å². The summed E-state index contributed by atoms with van der Waals surface area (Å²) in [4.78, 5) is 10.7. The Hall–Kier alpha value is -0.271. The summed E-state index contributed by atoms with van der Waals surface area (Å²) >= 11 is 0. The largest absolute Gasteiger partial charge is 4.00 e. The standard InChI is InChI=1S/C13H20O2.Fe/c1-4-6-7-8-9-10-12(3)11-15-13(14)5-2;/h5,7,9,12H,1-4,6,8,10-11H2;/q-4;+4. The molecule has 0 saturated carbocycles. The van der Waals surface area contributed by atoms with Crippen LogP contribution >= 0.6 is 0 Å². The number of carbonyl (C=O) groups is 1. The zero-order valence-corrected chi connectivity index (χ0v) is 10.7. The van der Waals surface area contributed by atoms with Crippen LogP contribution in [0.15, 0.2) is 12.7 Å². The molecule has 1 unspecified atom stereocenters. The van der Waals surface area contributed by atoms with Crippen LogP contribution in [0.4, 0.5) is 0 Å². The van der Waals surface area contributed by atoms with Gasteiger partial charge in [0.2, 0.25) is 0 Å². The molecule has 2 nitrogen and oxygen atoms in total. The Labute approximate surface area is 110 Å². The predicted molar refractivity (Wildman–Crippen MR) is 62.4 cm³/mol. The maximum atomic E-state index is 10.7. The molecule has 0 aromatic carbocycles. The Bertz CT molecular complexity index is 181. The summed E-state index contributed by atoms with van der Waals surface area (Å²) in [7, 11) is 0. The molecule has 0 spiro atoms. The number of carbonyl (C=O) groups excluding carboxylic acids is 1. The third-order valence-corrected chi connectivity index (χ3v) is 1.87. The van der Waals surface area contributed by atoms with E-state index >= 15 is 0 Å². The first-order valence-corrected chi connectivity index (χ1v) is 5.25. The number of hydrogen-bond acceptors (Lipinski definition) is 2. The van der Waals surface area contributed by atoms with Crippen LogP contribution in [0, 0.1) is 32.6 Å². The monoisotopic (exact) mass is 264 g/mol. The van der Waals surface area contributed by atoms with E-state index < -0.39 is 0 Å². The van der Waals surface area contributed by atoms with Crippen molar-refractivity contribution in [2.45, 2.75) is 25.7 Å². The summed E-state index contributed by atoms with van der Waals surface area (Å²) in [5.41, 5.74) is 0. The minimum absolute atomic E-state index is 0. The third kappa shape index (κ3) is 11.8. The van der Waals surface area contributed by atoms with Gasteiger partial charge in [0.15, 0.2) is 0 Å². The van der Waals surface area contributed by atoms with Crippen molar-refractivity contribution < 1.29 is 26.6 Å². The second-order valence-corrected chi connectivity index (χ2v) is 3.39. The first-order valence-electron chi connectivity index (χ1n) is 5.25. The summed E-state index contributed by atoms with van der Waals surface area (Å²) in [6.07, 6.45) is 9.32. The molecule has 0 N–H and O–H groups in total. The molecular weight excluding hydrogens is 244 g/mol. The van der Waals surface area contributed by atoms with Crippen LogP contribution in [0.25, 0.3) is 0 Å². The van der Waals surface area contributed by atoms with Crippen LogP contribution in [0.1, 0.15) is 25.7 Å². The average Bonchev–Trinajstić information content (AvgIpc) is 2.25. The van der Waals surface area contributed by atoms with Crippen molar-refractivity contribution in [3.63, 3.8) is 0 Å². The van der Waals surface area contributed by atoms with Gasteiger partial charge in [0.05, 0.1) is 6.61 Å². The summed E-state index contributed by atoms with van der Waals surface area (Å²) in [5.74, 6) is -0.255. The molecule has 0 heterocycles. The average molecular weight is 264 g/mol. The first kappa shape index (κ1) is 18.1. The maximum Gasteiger partial charge on any atom is 4.00 e. The number of unbranched alkanes of at least 4 members (excludes halogenated alkanes) is 4. The molecule has 1 atom stereocenters.